The van der Waals surface area contributed by atoms with Gasteiger partial charge in [0.25, 0.3) is 0 Å². The molecule has 138 valence electrons. The van der Waals surface area contributed by atoms with Crippen molar-refractivity contribution in [3.63, 3.8) is 0 Å². The van der Waals surface area contributed by atoms with Crippen molar-refractivity contribution >= 4 is 16.0 Å². The maximum absolute atomic E-state index is 12.1. The molecule has 1 N–H and O–H groups in total. The third-order valence-corrected chi connectivity index (χ3v) is 5.77. The van der Waals surface area contributed by atoms with Crippen molar-refractivity contribution in [2.24, 2.45) is 0 Å². The predicted octanol–water partition coefficient (Wildman–Crippen LogP) is 2.64. The molecule has 26 heavy (non-hydrogen) atoms. The zero-order valence-corrected chi connectivity index (χ0v) is 15.5. The summed E-state index contributed by atoms with van der Waals surface area (Å²) in [6, 6.07) is 7.90. The van der Waals surface area contributed by atoms with Crippen molar-refractivity contribution in [2.75, 3.05) is 12.8 Å². The zero-order chi connectivity index (χ0) is 18.9. The number of carboxylic acid groups (broad SMARTS) is 1. The van der Waals surface area contributed by atoms with Crippen LogP contribution in [-0.4, -0.2) is 46.6 Å². The van der Waals surface area contributed by atoms with Crippen LogP contribution >= 0.6 is 0 Å². The van der Waals surface area contributed by atoms with Gasteiger partial charge in [0, 0.05) is 17.8 Å². The first-order valence-corrected chi connectivity index (χ1v) is 10.3. The number of aromatic nitrogens is 2. The highest BCUT2D eigenvalue weighted by Gasteiger charge is 2.32. The molecule has 0 spiro atoms. The molecule has 3 rings (SSSR count). The molecule has 1 aliphatic heterocycles. The van der Waals surface area contributed by atoms with Crippen molar-refractivity contribution < 1.29 is 18.3 Å². The summed E-state index contributed by atoms with van der Waals surface area (Å²) in [6.07, 6.45) is 3.66. The first kappa shape index (κ1) is 18.5. The van der Waals surface area contributed by atoms with E-state index >= 15 is 0 Å². The van der Waals surface area contributed by atoms with Crippen molar-refractivity contribution in [1.29, 1.82) is 0 Å². The summed E-state index contributed by atoms with van der Waals surface area (Å²) in [7, 11) is -3.34. The Balaban J connectivity index is 2.00. The summed E-state index contributed by atoms with van der Waals surface area (Å²) < 4.78 is 25.7. The third-order valence-electron chi connectivity index (χ3n) is 4.48. The molecule has 1 aliphatic rings. The molecule has 1 aromatic heterocycles. The van der Waals surface area contributed by atoms with Gasteiger partial charge in [-0.25, -0.2) is 23.2 Å². The van der Waals surface area contributed by atoms with Crippen LogP contribution in [-0.2, 0) is 10.0 Å². The summed E-state index contributed by atoms with van der Waals surface area (Å²) in [5, 5.41) is 9.02. The number of carbonyl (C=O) groups is 1. The summed E-state index contributed by atoms with van der Waals surface area (Å²) in [5.41, 5.74) is 2.37. The minimum absolute atomic E-state index is 0.204. The molecule has 0 bridgehead atoms. The van der Waals surface area contributed by atoms with Gasteiger partial charge in [-0.05, 0) is 38.0 Å². The second-order valence-electron chi connectivity index (χ2n) is 6.52. The van der Waals surface area contributed by atoms with Gasteiger partial charge in [0.2, 0.25) is 10.0 Å². The molecule has 0 unspecified atom stereocenters. The Kier molecular flexibility index (Phi) is 5.06. The van der Waals surface area contributed by atoms with Gasteiger partial charge in [-0.1, -0.05) is 18.6 Å². The van der Waals surface area contributed by atoms with Crippen LogP contribution in [0.3, 0.4) is 0 Å². The van der Waals surface area contributed by atoms with E-state index in [1.54, 1.807) is 12.1 Å². The standard InChI is InChI=1S/C18H21N3O4S/c1-12-11-15(13-6-8-14(9-7-13)18(22)23)20-17(19-12)16-5-3-4-10-21(16)26(2,24)25/h6-9,11,16H,3-5,10H2,1-2H3,(H,22,23)/t16-/m1/s1. The second kappa shape index (κ2) is 7.13. The van der Waals surface area contributed by atoms with Crippen molar-refractivity contribution in [3.05, 3.63) is 47.4 Å². The Labute approximate surface area is 152 Å². The number of aryl methyl sites for hydroxylation is 1. The second-order valence-corrected chi connectivity index (χ2v) is 8.46. The van der Waals surface area contributed by atoms with Crippen LogP contribution in [0.5, 0.6) is 0 Å². The summed E-state index contributed by atoms with van der Waals surface area (Å²) >= 11 is 0. The lowest BCUT2D eigenvalue weighted by Gasteiger charge is -2.32. The van der Waals surface area contributed by atoms with Crippen LogP contribution in [0.25, 0.3) is 11.3 Å². The predicted molar refractivity (Wildman–Crippen MR) is 97.3 cm³/mol. The number of hydrogen-bond donors (Lipinski definition) is 1. The smallest absolute Gasteiger partial charge is 0.335 e. The molecule has 1 fully saturated rings. The molecule has 0 radical (unpaired) electrons. The molecule has 8 heteroatoms. The Hall–Kier alpha value is -2.32. The lowest BCUT2D eigenvalue weighted by molar-refractivity contribution is 0.0697. The maximum atomic E-state index is 12.1. The van der Waals surface area contributed by atoms with E-state index in [2.05, 4.69) is 9.97 Å². The highest BCUT2D eigenvalue weighted by atomic mass is 32.2. The fourth-order valence-corrected chi connectivity index (χ4v) is 4.35. The number of benzene rings is 1. The van der Waals surface area contributed by atoms with Crippen molar-refractivity contribution in [1.82, 2.24) is 14.3 Å². The Morgan fingerprint density at radius 1 is 1.19 bits per heavy atom. The monoisotopic (exact) mass is 375 g/mol. The molecule has 1 aromatic carbocycles. The first-order chi connectivity index (χ1) is 12.3. The minimum Gasteiger partial charge on any atom is -0.478 e. The molecule has 2 heterocycles. The zero-order valence-electron chi connectivity index (χ0n) is 14.7. The van der Waals surface area contributed by atoms with Crippen LogP contribution < -0.4 is 0 Å². The normalized spacial score (nSPS) is 18.6. The molecule has 0 saturated carbocycles. The number of piperidine rings is 1. The van der Waals surface area contributed by atoms with Gasteiger partial charge >= 0.3 is 5.97 Å². The van der Waals surface area contributed by atoms with Crippen LogP contribution in [0.1, 0.15) is 47.2 Å². The Morgan fingerprint density at radius 3 is 2.50 bits per heavy atom. The first-order valence-electron chi connectivity index (χ1n) is 8.42. The molecule has 1 saturated heterocycles. The topological polar surface area (TPSA) is 100 Å². The fraction of sp³-hybridized carbons (Fsp3) is 0.389. The van der Waals surface area contributed by atoms with Crippen LogP contribution in [0.4, 0.5) is 0 Å². The largest absolute Gasteiger partial charge is 0.478 e. The SMILES string of the molecule is Cc1cc(-c2ccc(C(=O)O)cc2)nc([C@H]2CCCCN2S(C)(=O)=O)n1. The average molecular weight is 375 g/mol. The molecular formula is C18H21N3O4S. The van der Waals surface area contributed by atoms with Gasteiger partial charge in [0.1, 0.15) is 5.82 Å². The van der Waals surface area contributed by atoms with Gasteiger partial charge in [0.05, 0.1) is 23.6 Å². The molecule has 1 atom stereocenters. The number of sulfonamides is 1. The van der Waals surface area contributed by atoms with E-state index in [-0.39, 0.29) is 11.6 Å². The van der Waals surface area contributed by atoms with E-state index < -0.39 is 16.0 Å². The van der Waals surface area contributed by atoms with E-state index in [0.717, 1.165) is 24.1 Å². The van der Waals surface area contributed by atoms with E-state index in [0.29, 0.717) is 24.5 Å². The number of nitrogens with zero attached hydrogens (tertiary/aromatic N) is 3. The number of rotatable bonds is 4. The highest BCUT2D eigenvalue weighted by molar-refractivity contribution is 7.88. The summed E-state index contributed by atoms with van der Waals surface area (Å²) in [6.45, 7) is 2.32. The lowest BCUT2D eigenvalue weighted by Crippen LogP contribution is -2.38. The number of hydrogen-bond acceptors (Lipinski definition) is 5. The molecular weight excluding hydrogens is 354 g/mol. The van der Waals surface area contributed by atoms with Gasteiger partial charge in [-0.15, -0.1) is 0 Å². The lowest BCUT2D eigenvalue weighted by atomic mass is 10.0. The van der Waals surface area contributed by atoms with Crippen LogP contribution in [0, 0.1) is 6.92 Å². The van der Waals surface area contributed by atoms with Gasteiger partial charge in [0.15, 0.2) is 0 Å². The van der Waals surface area contributed by atoms with Gasteiger partial charge < -0.3 is 5.11 Å². The van der Waals surface area contributed by atoms with Gasteiger partial charge in [-0.3, -0.25) is 0 Å². The Morgan fingerprint density at radius 2 is 1.88 bits per heavy atom. The minimum atomic E-state index is -3.34. The van der Waals surface area contributed by atoms with Gasteiger partial charge in [-0.2, -0.15) is 4.31 Å². The molecule has 7 nitrogen and oxygen atoms in total. The molecule has 2 aromatic rings. The quantitative estimate of drug-likeness (QED) is 0.882. The maximum Gasteiger partial charge on any atom is 0.335 e. The third kappa shape index (κ3) is 3.91. The fourth-order valence-electron chi connectivity index (χ4n) is 3.23. The summed E-state index contributed by atoms with van der Waals surface area (Å²) in [4.78, 5) is 20.1. The average Bonchev–Trinajstić information content (AvgIpc) is 2.60. The van der Waals surface area contributed by atoms with Crippen molar-refractivity contribution in [2.45, 2.75) is 32.2 Å². The van der Waals surface area contributed by atoms with E-state index in [1.807, 2.05) is 13.0 Å². The Bertz CT molecular complexity index is 926. The van der Waals surface area contributed by atoms with Crippen molar-refractivity contribution in [3.8, 4) is 11.3 Å². The molecule has 0 aliphatic carbocycles. The van der Waals surface area contributed by atoms with Crippen LogP contribution in [0.15, 0.2) is 30.3 Å². The molecule has 0 amide bonds. The number of aromatic carboxylic acids is 1. The van der Waals surface area contributed by atoms with Crippen LogP contribution in [0.2, 0.25) is 0 Å². The van der Waals surface area contributed by atoms with E-state index in [9.17, 15) is 13.2 Å². The summed E-state index contributed by atoms with van der Waals surface area (Å²) in [5.74, 6) is -0.491. The highest BCUT2D eigenvalue weighted by Crippen LogP contribution is 2.32. The number of carboxylic acids is 1. The van der Waals surface area contributed by atoms with E-state index in [4.69, 9.17) is 5.11 Å². The van der Waals surface area contributed by atoms with E-state index in [1.165, 1.54) is 22.7 Å².